The van der Waals surface area contributed by atoms with E-state index in [1.807, 2.05) is 0 Å². The Bertz CT molecular complexity index is 400. The maximum Gasteiger partial charge on any atom is 0.0750 e. The van der Waals surface area contributed by atoms with Gasteiger partial charge in [0, 0.05) is 25.4 Å². The lowest BCUT2D eigenvalue weighted by Gasteiger charge is -2.26. The largest absolute Gasteiger partial charge is 0.376 e. The number of nitrogens with two attached hydrogens (primary N) is 1. The van der Waals surface area contributed by atoms with E-state index in [0.717, 1.165) is 26.1 Å². The third-order valence-corrected chi connectivity index (χ3v) is 3.93. The first kappa shape index (κ1) is 14.4. The fourth-order valence-corrected chi connectivity index (χ4v) is 2.76. The quantitative estimate of drug-likeness (QED) is 0.856. The normalized spacial score (nSPS) is 18.8. The summed E-state index contributed by atoms with van der Waals surface area (Å²) in [6.07, 6.45) is 3.77. The maximum absolute atomic E-state index is 5.74. The molecule has 3 nitrogen and oxygen atoms in total. The van der Waals surface area contributed by atoms with Gasteiger partial charge in [-0.3, -0.25) is 0 Å². The molecular weight excluding hydrogens is 236 g/mol. The van der Waals surface area contributed by atoms with Gasteiger partial charge in [-0.1, -0.05) is 6.07 Å². The first-order valence-corrected chi connectivity index (χ1v) is 7.40. The van der Waals surface area contributed by atoms with E-state index in [4.69, 9.17) is 10.5 Å². The van der Waals surface area contributed by atoms with Gasteiger partial charge in [-0.15, -0.1) is 0 Å². The molecule has 0 spiro atoms. The van der Waals surface area contributed by atoms with Gasteiger partial charge >= 0.3 is 0 Å². The maximum atomic E-state index is 5.74. The van der Waals surface area contributed by atoms with Crippen LogP contribution in [-0.2, 0) is 11.2 Å². The van der Waals surface area contributed by atoms with Crippen molar-refractivity contribution in [2.45, 2.75) is 39.2 Å². The summed E-state index contributed by atoms with van der Waals surface area (Å²) in [7, 11) is 0. The predicted octanol–water partition coefficient (Wildman–Crippen LogP) is 2.50. The Morgan fingerprint density at radius 1 is 1.42 bits per heavy atom. The molecule has 1 heterocycles. The molecular formula is C16H26N2O. The molecule has 2 N–H and O–H groups in total. The van der Waals surface area contributed by atoms with Crippen LogP contribution in [0.15, 0.2) is 18.2 Å². The number of aryl methyl sites for hydroxylation is 1. The molecule has 1 saturated heterocycles. The molecule has 19 heavy (non-hydrogen) atoms. The Balaban J connectivity index is 2.06. The number of rotatable bonds is 6. The van der Waals surface area contributed by atoms with Gasteiger partial charge in [-0.25, -0.2) is 0 Å². The third kappa shape index (κ3) is 3.71. The van der Waals surface area contributed by atoms with Crippen LogP contribution in [0.3, 0.4) is 0 Å². The van der Waals surface area contributed by atoms with E-state index < -0.39 is 0 Å². The van der Waals surface area contributed by atoms with Gasteiger partial charge in [0.2, 0.25) is 0 Å². The molecule has 1 aromatic carbocycles. The first-order valence-electron chi connectivity index (χ1n) is 7.40. The molecule has 1 aromatic rings. The zero-order chi connectivity index (χ0) is 13.7. The predicted molar refractivity (Wildman–Crippen MR) is 80.8 cm³/mol. The summed E-state index contributed by atoms with van der Waals surface area (Å²) < 4.78 is 5.74. The average Bonchev–Trinajstić information content (AvgIpc) is 2.91. The Labute approximate surface area is 116 Å². The molecule has 1 fully saturated rings. The zero-order valence-electron chi connectivity index (χ0n) is 12.2. The Morgan fingerprint density at radius 3 is 2.84 bits per heavy atom. The first-order chi connectivity index (χ1) is 9.24. The van der Waals surface area contributed by atoms with Crippen LogP contribution in [0.25, 0.3) is 0 Å². The summed E-state index contributed by atoms with van der Waals surface area (Å²) >= 11 is 0. The lowest BCUT2D eigenvalue weighted by Crippen LogP contribution is -2.32. The van der Waals surface area contributed by atoms with Crippen molar-refractivity contribution in [2.75, 3.05) is 31.1 Å². The van der Waals surface area contributed by atoms with Gasteiger partial charge in [-0.05, 0) is 62.9 Å². The molecule has 2 rings (SSSR count). The molecule has 1 aliphatic rings. The van der Waals surface area contributed by atoms with E-state index in [0.29, 0.717) is 12.6 Å². The summed E-state index contributed by atoms with van der Waals surface area (Å²) in [6, 6.07) is 6.72. The van der Waals surface area contributed by atoms with Gasteiger partial charge in [0.1, 0.15) is 0 Å². The van der Waals surface area contributed by atoms with Crippen LogP contribution in [-0.4, -0.2) is 32.3 Å². The number of anilines is 1. The van der Waals surface area contributed by atoms with Gasteiger partial charge < -0.3 is 15.4 Å². The second kappa shape index (κ2) is 6.92. The summed E-state index contributed by atoms with van der Waals surface area (Å²) in [5.74, 6) is 0. The Kier molecular flexibility index (Phi) is 5.23. The van der Waals surface area contributed by atoms with E-state index in [1.54, 1.807) is 0 Å². The van der Waals surface area contributed by atoms with Gasteiger partial charge in [0.15, 0.2) is 0 Å². The highest BCUT2D eigenvalue weighted by atomic mass is 16.5. The molecule has 1 atom stereocenters. The van der Waals surface area contributed by atoms with Crippen molar-refractivity contribution in [3.05, 3.63) is 29.3 Å². The molecule has 106 valence electrons. The third-order valence-electron chi connectivity index (χ3n) is 3.93. The highest BCUT2D eigenvalue weighted by molar-refractivity contribution is 5.51. The molecule has 0 bridgehead atoms. The van der Waals surface area contributed by atoms with E-state index in [2.05, 4.69) is 36.9 Å². The minimum atomic E-state index is 0.406. The van der Waals surface area contributed by atoms with Crippen molar-refractivity contribution >= 4 is 5.69 Å². The van der Waals surface area contributed by atoms with Gasteiger partial charge in [0.05, 0.1) is 6.10 Å². The fourth-order valence-electron chi connectivity index (χ4n) is 2.76. The van der Waals surface area contributed by atoms with Crippen LogP contribution < -0.4 is 10.6 Å². The summed E-state index contributed by atoms with van der Waals surface area (Å²) in [5, 5.41) is 0. The van der Waals surface area contributed by atoms with E-state index in [1.165, 1.54) is 29.7 Å². The van der Waals surface area contributed by atoms with Crippen molar-refractivity contribution in [1.82, 2.24) is 0 Å². The molecule has 0 radical (unpaired) electrons. The topological polar surface area (TPSA) is 38.5 Å². The fraction of sp³-hybridized carbons (Fsp3) is 0.625. The second-order valence-electron chi connectivity index (χ2n) is 5.32. The molecule has 0 saturated carbocycles. The van der Waals surface area contributed by atoms with Crippen molar-refractivity contribution in [3.63, 3.8) is 0 Å². The SMILES string of the molecule is CCN(CC1CCCO1)c1ccc(CCN)c(C)c1. The molecule has 0 amide bonds. The highest BCUT2D eigenvalue weighted by Crippen LogP contribution is 2.22. The van der Waals surface area contributed by atoms with E-state index in [9.17, 15) is 0 Å². The Morgan fingerprint density at radius 2 is 2.26 bits per heavy atom. The minimum absolute atomic E-state index is 0.406. The monoisotopic (exact) mass is 262 g/mol. The summed E-state index contributed by atoms with van der Waals surface area (Å²) in [4.78, 5) is 2.41. The molecule has 0 aliphatic carbocycles. The van der Waals surface area contributed by atoms with Crippen molar-refractivity contribution in [3.8, 4) is 0 Å². The van der Waals surface area contributed by atoms with E-state index in [-0.39, 0.29) is 0 Å². The molecule has 3 heteroatoms. The van der Waals surface area contributed by atoms with Crippen molar-refractivity contribution in [1.29, 1.82) is 0 Å². The molecule has 0 aromatic heterocycles. The standard InChI is InChI=1S/C16H26N2O/c1-3-18(12-16-5-4-10-19-16)15-7-6-14(8-9-17)13(2)11-15/h6-7,11,16H,3-5,8-10,12,17H2,1-2H3. The number of nitrogens with zero attached hydrogens (tertiary/aromatic N) is 1. The zero-order valence-corrected chi connectivity index (χ0v) is 12.2. The molecule has 1 unspecified atom stereocenters. The van der Waals surface area contributed by atoms with Gasteiger partial charge in [0.25, 0.3) is 0 Å². The summed E-state index contributed by atoms with van der Waals surface area (Å²) in [5.41, 5.74) is 9.64. The Hall–Kier alpha value is -1.06. The smallest absolute Gasteiger partial charge is 0.0750 e. The average molecular weight is 262 g/mol. The van der Waals surface area contributed by atoms with Crippen LogP contribution in [0.4, 0.5) is 5.69 Å². The number of benzene rings is 1. The molecule has 1 aliphatic heterocycles. The van der Waals surface area contributed by atoms with Crippen LogP contribution in [0.1, 0.15) is 30.9 Å². The lowest BCUT2D eigenvalue weighted by molar-refractivity contribution is 0.115. The number of hydrogen-bond donors (Lipinski definition) is 1. The van der Waals surface area contributed by atoms with Crippen LogP contribution in [0, 0.1) is 6.92 Å². The summed E-state index contributed by atoms with van der Waals surface area (Å²) in [6.45, 7) is 8.05. The number of ether oxygens (including phenoxy) is 1. The highest BCUT2D eigenvalue weighted by Gasteiger charge is 2.18. The van der Waals surface area contributed by atoms with Crippen molar-refractivity contribution < 1.29 is 4.74 Å². The minimum Gasteiger partial charge on any atom is -0.376 e. The number of hydrogen-bond acceptors (Lipinski definition) is 3. The van der Waals surface area contributed by atoms with Crippen LogP contribution in [0.5, 0.6) is 0 Å². The lowest BCUT2D eigenvalue weighted by atomic mass is 10.0. The van der Waals surface area contributed by atoms with Crippen LogP contribution in [0.2, 0.25) is 0 Å². The number of likely N-dealkylation sites (N-methyl/N-ethyl adjacent to an activating group) is 1. The van der Waals surface area contributed by atoms with Crippen molar-refractivity contribution in [2.24, 2.45) is 5.73 Å². The van der Waals surface area contributed by atoms with Gasteiger partial charge in [-0.2, -0.15) is 0 Å². The second-order valence-corrected chi connectivity index (χ2v) is 5.32. The van der Waals surface area contributed by atoms with E-state index >= 15 is 0 Å². The van der Waals surface area contributed by atoms with Crippen LogP contribution >= 0.6 is 0 Å².